The first-order chi connectivity index (χ1) is 13.1. The molecule has 144 valence electrons. The molecular weight excluding hydrogens is 364 g/mol. The van der Waals surface area contributed by atoms with E-state index in [1.807, 2.05) is 35.4 Å². The molecule has 2 fully saturated rings. The highest BCUT2D eigenvalue weighted by Gasteiger charge is 2.34. The zero-order valence-corrected chi connectivity index (χ0v) is 16.3. The van der Waals surface area contributed by atoms with Crippen LogP contribution >= 0.6 is 11.6 Å². The molecule has 0 aliphatic carbocycles. The number of nitrogens with zero attached hydrogens (tertiary/aromatic N) is 3. The largest absolute Gasteiger partial charge is 0.378 e. The van der Waals surface area contributed by atoms with Crippen LogP contribution in [-0.4, -0.2) is 64.6 Å². The van der Waals surface area contributed by atoms with E-state index in [1.165, 1.54) is 0 Å². The van der Waals surface area contributed by atoms with Gasteiger partial charge in [0.1, 0.15) is 5.82 Å². The predicted octanol–water partition coefficient (Wildman–Crippen LogP) is 3.11. The minimum absolute atomic E-state index is 0.119. The Labute approximate surface area is 164 Å². The lowest BCUT2D eigenvalue weighted by Gasteiger charge is -2.43. The van der Waals surface area contributed by atoms with E-state index in [2.05, 4.69) is 14.9 Å². The third-order valence-electron chi connectivity index (χ3n) is 5.62. The van der Waals surface area contributed by atoms with Crippen LogP contribution in [-0.2, 0) is 9.53 Å². The molecule has 7 heteroatoms. The number of H-pyrrole nitrogens is 1. The maximum absolute atomic E-state index is 11.6. The average molecular weight is 389 g/mol. The molecule has 1 unspecified atom stereocenters. The Bertz CT molecular complexity index is 784. The number of carbonyl (C=O) groups is 1. The molecule has 1 amide bonds. The number of aromatic amines is 1. The van der Waals surface area contributed by atoms with E-state index in [-0.39, 0.29) is 11.9 Å². The number of piperidine rings is 1. The van der Waals surface area contributed by atoms with Gasteiger partial charge in [-0.3, -0.25) is 9.69 Å². The Morgan fingerprint density at radius 3 is 2.67 bits per heavy atom. The third kappa shape index (κ3) is 4.03. The van der Waals surface area contributed by atoms with Gasteiger partial charge < -0.3 is 14.6 Å². The summed E-state index contributed by atoms with van der Waals surface area (Å²) in [6.07, 6.45) is 3.88. The van der Waals surface area contributed by atoms with Crippen LogP contribution in [0.1, 0.15) is 31.6 Å². The Morgan fingerprint density at radius 1 is 1.22 bits per heavy atom. The molecule has 1 aromatic carbocycles. The number of halogens is 1. The summed E-state index contributed by atoms with van der Waals surface area (Å²) in [7, 11) is 0. The van der Waals surface area contributed by atoms with Crippen LogP contribution in [0.4, 0.5) is 0 Å². The average Bonchev–Trinajstić information content (AvgIpc) is 3.19. The Kier molecular flexibility index (Phi) is 5.48. The lowest BCUT2D eigenvalue weighted by Crippen LogP contribution is -2.51. The van der Waals surface area contributed by atoms with Crippen LogP contribution in [0, 0.1) is 0 Å². The van der Waals surface area contributed by atoms with Crippen molar-refractivity contribution in [2.45, 2.75) is 31.8 Å². The highest BCUT2D eigenvalue weighted by molar-refractivity contribution is 6.30. The fourth-order valence-electron chi connectivity index (χ4n) is 4.08. The normalized spacial score (nSPS) is 22.1. The number of amides is 1. The van der Waals surface area contributed by atoms with Crippen LogP contribution in [0.3, 0.4) is 0 Å². The van der Waals surface area contributed by atoms with Gasteiger partial charge in [-0.1, -0.05) is 23.7 Å². The first-order valence-electron chi connectivity index (χ1n) is 9.51. The highest BCUT2D eigenvalue weighted by Crippen LogP contribution is 2.30. The number of ether oxygens (including phenoxy) is 1. The van der Waals surface area contributed by atoms with Crippen LogP contribution in [0.25, 0.3) is 11.3 Å². The van der Waals surface area contributed by atoms with Gasteiger partial charge in [-0.2, -0.15) is 0 Å². The molecule has 0 saturated carbocycles. The lowest BCUT2D eigenvalue weighted by molar-refractivity contribution is -0.131. The summed E-state index contributed by atoms with van der Waals surface area (Å²) < 4.78 is 5.76. The number of aromatic nitrogens is 2. The summed E-state index contributed by atoms with van der Waals surface area (Å²) in [6, 6.07) is 8.33. The molecule has 2 saturated heterocycles. The Balaban J connectivity index is 1.50. The molecule has 0 spiro atoms. The van der Waals surface area contributed by atoms with Crippen molar-refractivity contribution in [2.24, 2.45) is 0 Å². The fraction of sp³-hybridized carbons (Fsp3) is 0.500. The number of benzene rings is 1. The number of morpholine rings is 1. The van der Waals surface area contributed by atoms with E-state index in [0.29, 0.717) is 12.6 Å². The lowest BCUT2D eigenvalue weighted by atomic mass is 10.00. The number of rotatable bonds is 3. The van der Waals surface area contributed by atoms with E-state index in [4.69, 9.17) is 16.3 Å². The SMILES string of the molecule is CC(=O)N1CCC(N2CCOCC2c2ncc(-c3ccc(Cl)cc3)[nH]2)CC1. The zero-order chi connectivity index (χ0) is 18.8. The topological polar surface area (TPSA) is 61.5 Å². The molecule has 0 bridgehead atoms. The minimum Gasteiger partial charge on any atom is -0.378 e. The summed E-state index contributed by atoms with van der Waals surface area (Å²) in [5.74, 6) is 1.11. The van der Waals surface area contributed by atoms with Gasteiger partial charge in [0.15, 0.2) is 0 Å². The van der Waals surface area contributed by atoms with Crippen molar-refractivity contribution in [3.63, 3.8) is 0 Å². The maximum Gasteiger partial charge on any atom is 0.219 e. The van der Waals surface area contributed by atoms with Gasteiger partial charge in [-0.15, -0.1) is 0 Å². The van der Waals surface area contributed by atoms with E-state index in [1.54, 1.807) is 6.92 Å². The van der Waals surface area contributed by atoms with Crippen molar-refractivity contribution in [2.75, 3.05) is 32.8 Å². The zero-order valence-electron chi connectivity index (χ0n) is 15.5. The molecule has 1 atom stereocenters. The number of hydrogen-bond acceptors (Lipinski definition) is 4. The van der Waals surface area contributed by atoms with Crippen LogP contribution in [0.5, 0.6) is 0 Å². The van der Waals surface area contributed by atoms with Gasteiger partial charge in [0.25, 0.3) is 0 Å². The minimum atomic E-state index is 0.119. The van der Waals surface area contributed by atoms with Crippen molar-refractivity contribution in [3.8, 4) is 11.3 Å². The second-order valence-corrected chi connectivity index (χ2v) is 7.69. The highest BCUT2D eigenvalue weighted by atomic mass is 35.5. The van der Waals surface area contributed by atoms with Gasteiger partial charge in [0.2, 0.25) is 5.91 Å². The fourth-order valence-corrected chi connectivity index (χ4v) is 4.21. The molecule has 1 N–H and O–H groups in total. The summed E-state index contributed by atoms with van der Waals surface area (Å²) in [5.41, 5.74) is 2.05. The van der Waals surface area contributed by atoms with Gasteiger partial charge in [-0.05, 0) is 30.5 Å². The van der Waals surface area contributed by atoms with Gasteiger partial charge >= 0.3 is 0 Å². The van der Waals surface area contributed by atoms with Crippen LogP contribution < -0.4 is 0 Å². The third-order valence-corrected chi connectivity index (χ3v) is 5.87. The van der Waals surface area contributed by atoms with Crippen molar-refractivity contribution >= 4 is 17.5 Å². The smallest absolute Gasteiger partial charge is 0.219 e. The second-order valence-electron chi connectivity index (χ2n) is 7.25. The van der Waals surface area contributed by atoms with E-state index in [9.17, 15) is 4.79 Å². The van der Waals surface area contributed by atoms with Gasteiger partial charge in [0, 0.05) is 37.6 Å². The molecule has 27 heavy (non-hydrogen) atoms. The first-order valence-corrected chi connectivity index (χ1v) is 9.89. The number of imidazole rings is 1. The van der Waals surface area contributed by atoms with Gasteiger partial charge in [-0.25, -0.2) is 4.98 Å². The number of carbonyl (C=O) groups excluding carboxylic acids is 1. The molecule has 1 aromatic heterocycles. The van der Waals surface area contributed by atoms with Crippen LogP contribution in [0.2, 0.25) is 5.02 Å². The molecule has 0 radical (unpaired) electrons. The summed E-state index contributed by atoms with van der Waals surface area (Å²) >= 11 is 5.99. The number of hydrogen-bond donors (Lipinski definition) is 1. The predicted molar refractivity (Wildman–Crippen MR) is 105 cm³/mol. The number of nitrogens with one attached hydrogen (secondary N) is 1. The Hall–Kier alpha value is -1.89. The molecular formula is C20H25ClN4O2. The van der Waals surface area contributed by atoms with Gasteiger partial charge in [0.05, 0.1) is 31.1 Å². The van der Waals surface area contributed by atoms with Crippen molar-refractivity contribution in [1.82, 2.24) is 19.8 Å². The standard InChI is InChI=1S/C20H25ClN4O2/c1-14(26)24-8-6-17(7-9-24)25-10-11-27-13-19(25)20-22-12-18(23-20)15-2-4-16(21)5-3-15/h2-5,12,17,19H,6-11,13H2,1H3,(H,22,23). The summed E-state index contributed by atoms with van der Waals surface area (Å²) in [4.78, 5) is 24.2. The van der Waals surface area contributed by atoms with Crippen molar-refractivity contribution in [3.05, 3.63) is 41.3 Å². The number of likely N-dealkylation sites (tertiary alicyclic amines) is 1. The second kappa shape index (κ2) is 8.00. The molecule has 3 heterocycles. The molecule has 4 rings (SSSR count). The van der Waals surface area contributed by atoms with E-state index in [0.717, 1.165) is 61.2 Å². The quantitative estimate of drug-likeness (QED) is 0.877. The van der Waals surface area contributed by atoms with E-state index < -0.39 is 0 Å². The van der Waals surface area contributed by atoms with Crippen molar-refractivity contribution < 1.29 is 9.53 Å². The summed E-state index contributed by atoms with van der Waals surface area (Å²) in [5, 5.41) is 0.724. The van der Waals surface area contributed by atoms with Crippen molar-refractivity contribution in [1.29, 1.82) is 0 Å². The maximum atomic E-state index is 11.6. The molecule has 6 nitrogen and oxygen atoms in total. The van der Waals surface area contributed by atoms with E-state index >= 15 is 0 Å². The molecule has 2 aliphatic heterocycles. The molecule has 2 aliphatic rings. The Morgan fingerprint density at radius 2 is 1.96 bits per heavy atom. The molecule has 2 aromatic rings. The monoisotopic (exact) mass is 388 g/mol. The first kappa shape index (κ1) is 18.5. The summed E-state index contributed by atoms with van der Waals surface area (Å²) in [6.45, 7) is 5.59. The van der Waals surface area contributed by atoms with Crippen LogP contribution in [0.15, 0.2) is 30.5 Å².